The maximum absolute atomic E-state index is 13.0. The molecule has 196 valence electrons. The van der Waals surface area contributed by atoms with Crippen molar-refractivity contribution in [2.75, 3.05) is 17.7 Å². The molecule has 0 fully saturated rings. The van der Waals surface area contributed by atoms with Crippen molar-refractivity contribution in [3.8, 4) is 5.75 Å². The minimum atomic E-state index is -0.368. The van der Waals surface area contributed by atoms with Crippen molar-refractivity contribution in [3.05, 3.63) is 64.8 Å². The fourth-order valence-corrected chi connectivity index (χ4v) is 6.36. The second-order valence-corrected chi connectivity index (χ2v) is 10.7. The lowest BCUT2D eigenvalue weighted by Gasteiger charge is -2.15. The normalized spacial score (nSPS) is 13.8. The number of rotatable bonds is 11. The largest absolute Gasteiger partial charge is 0.483 e. The molecule has 2 aromatic heterocycles. The predicted molar refractivity (Wildman–Crippen MR) is 147 cm³/mol. The Bertz CT molecular complexity index is 1240. The molecule has 0 bridgehead atoms. The van der Waals surface area contributed by atoms with E-state index in [2.05, 4.69) is 22.1 Å². The highest BCUT2D eigenvalue weighted by Gasteiger charge is 2.27. The van der Waals surface area contributed by atoms with Crippen LogP contribution in [0.3, 0.4) is 0 Å². The number of thioether (sulfide) groups is 1. The molecule has 37 heavy (non-hydrogen) atoms. The van der Waals surface area contributed by atoms with Crippen LogP contribution in [0.25, 0.3) is 0 Å². The summed E-state index contributed by atoms with van der Waals surface area (Å²) in [5, 5.41) is 12.8. The Morgan fingerprint density at radius 2 is 2.00 bits per heavy atom. The molecule has 10 heteroatoms. The number of nitrogens with one attached hydrogen (secondary N) is 1. The zero-order chi connectivity index (χ0) is 26.2. The number of amides is 1. The van der Waals surface area contributed by atoms with E-state index in [1.165, 1.54) is 28.0 Å². The second kappa shape index (κ2) is 12.9. The molecule has 8 nitrogen and oxygen atoms in total. The smallest absolute Gasteiger partial charge is 0.341 e. The third kappa shape index (κ3) is 6.61. The Morgan fingerprint density at radius 1 is 1.22 bits per heavy atom. The third-order valence-electron chi connectivity index (χ3n) is 5.96. The number of para-hydroxylation sites is 1. The fraction of sp³-hybridized carbons (Fsp3) is 0.407. The minimum Gasteiger partial charge on any atom is -0.483 e. The third-order valence-corrected chi connectivity index (χ3v) is 8.14. The number of aryl methyl sites for hydroxylation is 1. The number of allylic oxidation sites excluding steroid dienone is 1. The first-order chi connectivity index (χ1) is 18.0. The SMILES string of the molecule is C=CCn1c(SCC(=O)Nc2sc3c(c2C(=O)OCC)CCCCC3)nnc1C(C)Oc1ccccc1. The monoisotopic (exact) mass is 540 g/mol. The summed E-state index contributed by atoms with van der Waals surface area (Å²) in [6.07, 6.45) is 6.45. The van der Waals surface area contributed by atoms with Crippen molar-refractivity contribution in [2.45, 2.75) is 63.8 Å². The Morgan fingerprint density at radius 3 is 2.76 bits per heavy atom. The van der Waals surface area contributed by atoms with Gasteiger partial charge in [-0.25, -0.2) is 4.79 Å². The number of ether oxygens (including phenoxy) is 2. The van der Waals surface area contributed by atoms with Gasteiger partial charge in [0.2, 0.25) is 5.91 Å². The Kier molecular flexibility index (Phi) is 9.40. The summed E-state index contributed by atoms with van der Waals surface area (Å²) in [6.45, 7) is 8.32. The highest BCUT2D eigenvalue weighted by atomic mass is 32.2. The lowest BCUT2D eigenvalue weighted by molar-refractivity contribution is -0.113. The molecule has 2 heterocycles. The maximum atomic E-state index is 13.0. The van der Waals surface area contributed by atoms with Crippen LogP contribution in [-0.2, 0) is 28.9 Å². The lowest BCUT2D eigenvalue weighted by Crippen LogP contribution is -2.17. The van der Waals surface area contributed by atoms with Gasteiger partial charge in [-0.1, -0.05) is 42.5 Å². The van der Waals surface area contributed by atoms with Crippen molar-refractivity contribution >= 4 is 40.0 Å². The van der Waals surface area contributed by atoms with Gasteiger partial charge < -0.3 is 14.8 Å². The van der Waals surface area contributed by atoms with Crippen LogP contribution >= 0.6 is 23.1 Å². The summed E-state index contributed by atoms with van der Waals surface area (Å²) < 4.78 is 13.2. The molecular weight excluding hydrogens is 508 g/mol. The number of hydrogen-bond donors (Lipinski definition) is 1. The van der Waals surface area contributed by atoms with Crippen molar-refractivity contribution in [1.82, 2.24) is 14.8 Å². The van der Waals surface area contributed by atoms with Crippen LogP contribution in [0, 0.1) is 0 Å². The van der Waals surface area contributed by atoms with E-state index < -0.39 is 0 Å². The molecule has 1 atom stereocenters. The fourth-order valence-electron chi connectivity index (χ4n) is 4.31. The van der Waals surface area contributed by atoms with Gasteiger partial charge in [-0.3, -0.25) is 9.36 Å². The molecule has 0 radical (unpaired) electrons. The molecule has 1 unspecified atom stereocenters. The lowest BCUT2D eigenvalue weighted by atomic mass is 10.1. The van der Waals surface area contributed by atoms with E-state index in [0.29, 0.717) is 34.7 Å². The second-order valence-electron chi connectivity index (χ2n) is 8.64. The molecule has 0 aliphatic heterocycles. The van der Waals surface area contributed by atoms with Gasteiger partial charge in [0.15, 0.2) is 17.1 Å². The number of aromatic nitrogens is 3. The van der Waals surface area contributed by atoms with Crippen LogP contribution in [0.5, 0.6) is 5.75 Å². The van der Waals surface area contributed by atoms with Crippen molar-refractivity contribution in [3.63, 3.8) is 0 Å². The van der Waals surface area contributed by atoms with Crippen LogP contribution < -0.4 is 10.1 Å². The highest BCUT2D eigenvalue weighted by Crippen LogP contribution is 2.38. The average Bonchev–Trinajstić information content (AvgIpc) is 3.36. The summed E-state index contributed by atoms with van der Waals surface area (Å²) >= 11 is 2.78. The van der Waals surface area contributed by atoms with Gasteiger partial charge in [0, 0.05) is 11.4 Å². The molecule has 3 aromatic rings. The summed E-state index contributed by atoms with van der Waals surface area (Å²) in [5.74, 6) is 0.929. The van der Waals surface area contributed by atoms with Crippen molar-refractivity contribution in [1.29, 1.82) is 0 Å². The number of benzene rings is 1. The van der Waals surface area contributed by atoms with Gasteiger partial charge in [-0.05, 0) is 57.2 Å². The van der Waals surface area contributed by atoms with Gasteiger partial charge in [0.05, 0.1) is 17.9 Å². The van der Waals surface area contributed by atoms with E-state index in [4.69, 9.17) is 9.47 Å². The van der Waals surface area contributed by atoms with Gasteiger partial charge >= 0.3 is 5.97 Å². The van der Waals surface area contributed by atoms with E-state index in [9.17, 15) is 9.59 Å². The summed E-state index contributed by atoms with van der Waals surface area (Å²) in [4.78, 5) is 26.9. The standard InChI is InChI=1S/C27H32N4O4S2/c1-4-16-31-24(18(3)35-19-12-8-6-9-13-19)29-30-27(31)36-17-22(32)28-25-23(26(33)34-5-2)20-14-10-7-11-15-21(20)37-25/h4,6,8-9,12-13,18H,1,5,7,10-11,14-17H2,2-3H3,(H,28,32). The van der Waals surface area contributed by atoms with Gasteiger partial charge in [-0.15, -0.1) is 28.1 Å². The number of esters is 1. The Labute approximate surface area is 225 Å². The molecule has 1 amide bonds. The van der Waals surface area contributed by atoms with Crippen LogP contribution in [0.4, 0.5) is 5.00 Å². The van der Waals surface area contributed by atoms with Crippen molar-refractivity contribution < 1.29 is 19.1 Å². The van der Waals surface area contributed by atoms with E-state index in [1.54, 1.807) is 13.0 Å². The first kappa shape index (κ1) is 26.9. The average molecular weight is 541 g/mol. The first-order valence-corrected chi connectivity index (χ1v) is 14.3. The quantitative estimate of drug-likeness (QED) is 0.141. The molecule has 1 N–H and O–H groups in total. The number of fused-ring (bicyclic) bond motifs is 1. The zero-order valence-electron chi connectivity index (χ0n) is 21.2. The molecule has 1 aromatic carbocycles. The molecule has 0 saturated carbocycles. The van der Waals surface area contributed by atoms with Crippen LogP contribution in [0.15, 0.2) is 48.1 Å². The number of carbonyl (C=O) groups is 2. The van der Waals surface area contributed by atoms with Crippen molar-refractivity contribution in [2.24, 2.45) is 0 Å². The summed E-state index contributed by atoms with van der Waals surface area (Å²) in [6, 6.07) is 9.53. The first-order valence-electron chi connectivity index (χ1n) is 12.5. The van der Waals surface area contributed by atoms with Crippen LogP contribution in [0.2, 0.25) is 0 Å². The molecule has 1 aliphatic carbocycles. The number of carbonyl (C=O) groups excluding carboxylic acids is 2. The Balaban J connectivity index is 1.46. The number of hydrogen-bond acceptors (Lipinski definition) is 8. The summed E-state index contributed by atoms with van der Waals surface area (Å²) in [7, 11) is 0. The molecule has 0 spiro atoms. The van der Waals surface area contributed by atoms with E-state index >= 15 is 0 Å². The van der Waals surface area contributed by atoms with Crippen LogP contribution in [-0.4, -0.2) is 39.0 Å². The maximum Gasteiger partial charge on any atom is 0.341 e. The van der Waals surface area contributed by atoms with Crippen LogP contribution in [0.1, 0.15) is 65.8 Å². The number of anilines is 1. The minimum absolute atomic E-state index is 0.119. The van der Waals surface area contributed by atoms with Gasteiger partial charge in [0.25, 0.3) is 0 Å². The van der Waals surface area contributed by atoms with E-state index in [1.807, 2.05) is 41.8 Å². The van der Waals surface area contributed by atoms with Gasteiger partial charge in [0.1, 0.15) is 10.8 Å². The predicted octanol–water partition coefficient (Wildman–Crippen LogP) is 5.84. The molecule has 0 saturated heterocycles. The number of thiophene rings is 1. The zero-order valence-corrected chi connectivity index (χ0v) is 22.8. The summed E-state index contributed by atoms with van der Waals surface area (Å²) in [5.41, 5.74) is 1.55. The number of nitrogens with zero attached hydrogens (tertiary/aromatic N) is 3. The molecular formula is C27H32N4O4S2. The van der Waals surface area contributed by atoms with Gasteiger partial charge in [-0.2, -0.15) is 0 Å². The Hall–Kier alpha value is -3.11. The van der Waals surface area contributed by atoms with E-state index in [-0.39, 0.29) is 23.7 Å². The highest BCUT2D eigenvalue weighted by molar-refractivity contribution is 7.99. The van der Waals surface area contributed by atoms with E-state index in [0.717, 1.165) is 43.4 Å². The molecule has 4 rings (SSSR count). The topological polar surface area (TPSA) is 95.3 Å². The molecule has 1 aliphatic rings.